The Bertz CT molecular complexity index is 561. The molecule has 0 saturated carbocycles. The zero-order valence-corrected chi connectivity index (χ0v) is 11.8. The second-order valence-electron chi connectivity index (χ2n) is 4.22. The van der Waals surface area contributed by atoms with Crippen molar-refractivity contribution in [3.05, 3.63) is 35.4 Å². The van der Waals surface area contributed by atoms with Crippen molar-refractivity contribution in [1.82, 2.24) is 24.9 Å². The van der Waals surface area contributed by atoms with Crippen LogP contribution < -0.4 is 5.32 Å². The molecule has 5 nitrogen and oxygen atoms in total. The number of aryl methyl sites for hydroxylation is 2. The van der Waals surface area contributed by atoms with Gasteiger partial charge in [-0.15, -0.1) is 12.4 Å². The van der Waals surface area contributed by atoms with Crippen molar-refractivity contribution >= 4 is 12.4 Å². The van der Waals surface area contributed by atoms with E-state index in [9.17, 15) is 13.2 Å². The highest BCUT2D eigenvalue weighted by atomic mass is 35.5. The van der Waals surface area contributed by atoms with Crippen LogP contribution in [0.5, 0.6) is 0 Å². The number of hydrogen-bond donors (Lipinski definition) is 1. The van der Waals surface area contributed by atoms with Crippen LogP contribution in [-0.4, -0.2) is 19.6 Å². The molecule has 0 aliphatic carbocycles. The van der Waals surface area contributed by atoms with Crippen LogP contribution in [0.25, 0.3) is 0 Å². The van der Waals surface area contributed by atoms with Gasteiger partial charge in [0.05, 0.1) is 11.9 Å². The molecule has 2 aromatic heterocycles. The van der Waals surface area contributed by atoms with E-state index in [1.165, 1.54) is 13.2 Å². The molecule has 0 amide bonds. The van der Waals surface area contributed by atoms with Gasteiger partial charge in [-0.3, -0.25) is 9.36 Å². The van der Waals surface area contributed by atoms with Crippen LogP contribution >= 0.6 is 12.4 Å². The fourth-order valence-electron chi connectivity index (χ4n) is 1.86. The highest BCUT2D eigenvalue weighted by molar-refractivity contribution is 5.85. The summed E-state index contributed by atoms with van der Waals surface area (Å²) < 4.78 is 40.9. The molecule has 0 spiro atoms. The van der Waals surface area contributed by atoms with Crippen LogP contribution in [-0.2, 0) is 33.4 Å². The normalized spacial score (nSPS) is 11.4. The van der Waals surface area contributed by atoms with Gasteiger partial charge in [0.2, 0.25) is 0 Å². The SMILES string of the molecule is Cl.Cn1ccc(CNCc2cnn(C)c2C(F)(F)F)n1. The summed E-state index contributed by atoms with van der Waals surface area (Å²) in [6.07, 6.45) is -1.39. The molecule has 0 bridgehead atoms. The molecular weight excluding hydrogens is 295 g/mol. The molecule has 0 aliphatic rings. The summed E-state index contributed by atoms with van der Waals surface area (Å²) in [5.74, 6) is 0. The Hall–Kier alpha value is -1.54. The summed E-state index contributed by atoms with van der Waals surface area (Å²) >= 11 is 0. The first-order valence-corrected chi connectivity index (χ1v) is 5.65. The minimum atomic E-state index is -4.40. The third-order valence-electron chi connectivity index (χ3n) is 2.67. The molecule has 0 aromatic carbocycles. The lowest BCUT2D eigenvalue weighted by molar-refractivity contribution is -0.144. The summed E-state index contributed by atoms with van der Waals surface area (Å²) in [5.41, 5.74) is 0.187. The molecule has 9 heteroatoms. The number of nitrogens with zero attached hydrogens (tertiary/aromatic N) is 4. The summed E-state index contributed by atoms with van der Waals surface area (Å²) in [7, 11) is 3.07. The molecule has 0 unspecified atom stereocenters. The van der Waals surface area contributed by atoms with E-state index in [0.29, 0.717) is 6.54 Å². The third kappa shape index (κ3) is 3.73. The summed E-state index contributed by atoms with van der Waals surface area (Å²) in [4.78, 5) is 0. The largest absolute Gasteiger partial charge is 0.433 e. The van der Waals surface area contributed by atoms with Crippen LogP contribution in [0.15, 0.2) is 18.5 Å². The lowest BCUT2D eigenvalue weighted by atomic mass is 10.2. The molecule has 1 N–H and O–H groups in total. The maximum absolute atomic E-state index is 12.8. The smallest absolute Gasteiger partial charge is 0.307 e. The molecule has 0 fully saturated rings. The van der Waals surface area contributed by atoms with Crippen molar-refractivity contribution in [2.24, 2.45) is 14.1 Å². The number of rotatable bonds is 4. The second kappa shape index (κ2) is 6.27. The minimum absolute atomic E-state index is 0. The number of nitrogens with one attached hydrogen (secondary N) is 1. The average molecular weight is 310 g/mol. The van der Waals surface area contributed by atoms with Gasteiger partial charge in [-0.1, -0.05) is 0 Å². The van der Waals surface area contributed by atoms with E-state index in [4.69, 9.17) is 0 Å². The fraction of sp³-hybridized carbons (Fsp3) is 0.455. The van der Waals surface area contributed by atoms with Crippen molar-refractivity contribution in [3.63, 3.8) is 0 Å². The molecule has 20 heavy (non-hydrogen) atoms. The molecule has 112 valence electrons. The zero-order chi connectivity index (χ0) is 14.0. The highest BCUT2D eigenvalue weighted by Crippen LogP contribution is 2.31. The maximum atomic E-state index is 12.8. The van der Waals surface area contributed by atoms with E-state index < -0.39 is 11.9 Å². The van der Waals surface area contributed by atoms with E-state index in [2.05, 4.69) is 15.5 Å². The quantitative estimate of drug-likeness (QED) is 0.938. The standard InChI is InChI=1S/C11H14F3N5.ClH/c1-18-4-3-9(17-18)7-15-5-8-6-16-19(2)10(8)11(12,13)14;/h3-4,6,15H,5,7H2,1-2H3;1H. The van der Waals surface area contributed by atoms with Crippen molar-refractivity contribution in [3.8, 4) is 0 Å². The Morgan fingerprint density at radius 1 is 1.25 bits per heavy atom. The first-order valence-electron chi connectivity index (χ1n) is 5.65. The Balaban J connectivity index is 0.00000200. The summed E-state index contributed by atoms with van der Waals surface area (Å²) in [6.45, 7) is 0.506. The van der Waals surface area contributed by atoms with Crippen LogP contribution in [0.2, 0.25) is 0 Å². The van der Waals surface area contributed by atoms with Crippen molar-refractivity contribution < 1.29 is 13.2 Å². The van der Waals surface area contributed by atoms with Gasteiger partial charge < -0.3 is 5.32 Å². The molecule has 0 radical (unpaired) electrons. The van der Waals surface area contributed by atoms with Gasteiger partial charge in [-0.2, -0.15) is 23.4 Å². The van der Waals surface area contributed by atoms with Crippen LogP contribution in [0.1, 0.15) is 17.0 Å². The van der Waals surface area contributed by atoms with E-state index in [-0.39, 0.29) is 24.5 Å². The van der Waals surface area contributed by atoms with Gasteiger partial charge in [0, 0.05) is 38.9 Å². The first kappa shape index (κ1) is 16.5. The lowest BCUT2D eigenvalue weighted by Gasteiger charge is -2.10. The lowest BCUT2D eigenvalue weighted by Crippen LogP contribution is -2.19. The Kier molecular flexibility index (Phi) is 5.18. The molecule has 2 rings (SSSR count). The molecule has 2 aromatic rings. The molecule has 0 atom stereocenters. The Labute approximate surface area is 120 Å². The van der Waals surface area contributed by atoms with Gasteiger partial charge in [0.15, 0.2) is 0 Å². The van der Waals surface area contributed by atoms with Gasteiger partial charge in [-0.25, -0.2) is 0 Å². The van der Waals surface area contributed by atoms with Crippen molar-refractivity contribution in [2.45, 2.75) is 19.3 Å². The topological polar surface area (TPSA) is 47.7 Å². The third-order valence-corrected chi connectivity index (χ3v) is 2.67. The average Bonchev–Trinajstić information content (AvgIpc) is 2.85. The van der Waals surface area contributed by atoms with Gasteiger partial charge in [0.1, 0.15) is 5.69 Å². The Morgan fingerprint density at radius 2 is 1.95 bits per heavy atom. The fourth-order valence-corrected chi connectivity index (χ4v) is 1.86. The first-order chi connectivity index (χ1) is 8.88. The van der Waals surface area contributed by atoms with Crippen LogP contribution in [0.4, 0.5) is 13.2 Å². The molecule has 2 heterocycles. The van der Waals surface area contributed by atoms with E-state index in [1.54, 1.807) is 24.0 Å². The van der Waals surface area contributed by atoms with E-state index >= 15 is 0 Å². The van der Waals surface area contributed by atoms with Crippen molar-refractivity contribution in [1.29, 1.82) is 0 Å². The van der Waals surface area contributed by atoms with Crippen LogP contribution in [0.3, 0.4) is 0 Å². The van der Waals surface area contributed by atoms with Gasteiger partial charge in [0.25, 0.3) is 0 Å². The summed E-state index contributed by atoms with van der Waals surface area (Å²) in [5, 5.41) is 10.7. The monoisotopic (exact) mass is 309 g/mol. The highest BCUT2D eigenvalue weighted by Gasteiger charge is 2.36. The molecular formula is C11H15ClF3N5. The van der Waals surface area contributed by atoms with E-state index in [1.807, 2.05) is 0 Å². The predicted molar refractivity (Wildman–Crippen MR) is 69.2 cm³/mol. The number of alkyl halides is 3. The maximum Gasteiger partial charge on any atom is 0.433 e. The predicted octanol–water partition coefficient (Wildman–Crippen LogP) is 1.88. The number of aromatic nitrogens is 4. The minimum Gasteiger partial charge on any atom is -0.307 e. The van der Waals surface area contributed by atoms with Gasteiger partial charge in [-0.05, 0) is 6.07 Å². The molecule has 0 aliphatic heterocycles. The summed E-state index contributed by atoms with van der Waals surface area (Å²) in [6, 6.07) is 1.81. The number of hydrogen-bond acceptors (Lipinski definition) is 3. The number of halogens is 4. The Morgan fingerprint density at radius 3 is 2.50 bits per heavy atom. The zero-order valence-electron chi connectivity index (χ0n) is 11.0. The van der Waals surface area contributed by atoms with Gasteiger partial charge >= 0.3 is 6.18 Å². The van der Waals surface area contributed by atoms with E-state index in [0.717, 1.165) is 10.4 Å². The molecule has 0 saturated heterocycles. The van der Waals surface area contributed by atoms with Crippen molar-refractivity contribution in [2.75, 3.05) is 0 Å². The van der Waals surface area contributed by atoms with Crippen LogP contribution in [0, 0.1) is 0 Å². The second-order valence-corrected chi connectivity index (χ2v) is 4.22.